The number of H-pyrrole nitrogens is 1. The maximum absolute atomic E-state index is 11.4. The van der Waals surface area contributed by atoms with Gasteiger partial charge in [0.05, 0.1) is 19.5 Å². The topological polar surface area (TPSA) is 110 Å². The monoisotopic (exact) mass is 289 g/mol. The van der Waals surface area contributed by atoms with Crippen molar-refractivity contribution in [3.8, 4) is 0 Å². The molecule has 2 aromatic rings. The van der Waals surface area contributed by atoms with Gasteiger partial charge in [-0.1, -0.05) is 12.1 Å². The van der Waals surface area contributed by atoms with Gasteiger partial charge in [-0.25, -0.2) is 9.78 Å². The van der Waals surface area contributed by atoms with Gasteiger partial charge in [0, 0.05) is 17.6 Å². The predicted molar refractivity (Wildman–Crippen MR) is 78.8 cm³/mol. The molecule has 112 valence electrons. The van der Waals surface area contributed by atoms with Gasteiger partial charge in [-0.3, -0.25) is 4.84 Å². The third-order valence-corrected chi connectivity index (χ3v) is 2.94. The number of hydrogen-bond donors (Lipinski definition) is 3. The first-order valence-corrected chi connectivity index (χ1v) is 6.66. The maximum Gasteiger partial charge on any atom is 0.339 e. The van der Waals surface area contributed by atoms with Crippen LogP contribution in [0, 0.1) is 0 Å². The number of nitrogens with zero attached hydrogens (tertiary/aromatic N) is 2. The van der Waals surface area contributed by atoms with Crippen LogP contribution in [0.5, 0.6) is 0 Å². The number of amides is 2. The summed E-state index contributed by atoms with van der Waals surface area (Å²) in [6.07, 6.45) is 4.95. The highest BCUT2D eigenvalue weighted by atomic mass is 16.7. The minimum atomic E-state index is -0.617. The lowest BCUT2D eigenvalue weighted by atomic mass is 10.2. The van der Waals surface area contributed by atoms with Crippen molar-refractivity contribution in [2.24, 2.45) is 5.73 Å². The van der Waals surface area contributed by atoms with E-state index in [9.17, 15) is 4.79 Å². The summed E-state index contributed by atoms with van der Waals surface area (Å²) in [6.45, 7) is 0.691. The van der Waals surface area contributed by atoms with Crippen LogP contribution in [-0.4, -0.2) is 27.7 Å². The Morgan fingerprint density at radius 1 is 1.33 bits per heavy atom. The number of carbonyl (C=O) groups is 1. The van der Waals surface area contributed by atoms with Gasteiger partial charge in [0.1, 0.15) is 0 Å². The Morgan fingerprint density at radius 2 is 2.10 bits per heavy atom. The lowest BCUT2D eigenvalue weighted by Gasteiger charge is -2.19. The molecule has 1 aromatic carbocycles. The first-order valence-electron chi connectivity index (χ1n) is 6.66. The summed E-state index contributed by atoms with van der Waals surface area (Å²) < 4.78 is 0. The lowest BCUT2D eigenvalue weighted by molar-refractivity contribution is -0.122. The number of nitrogens with two attached hydrogens (primary N) is 2. The Hall–Kier alpha value is -2.54. The number of nitrogen functional groups attached to an aromatic ring is 1. The van der Waals surface area contributed by atoms with E-state index in [1.165, 1.54) is 0 Å². The highest BCUT2D eigenvalue weighted by Crippen LogP contribution is 2.09. The summed E-state index contributed by atoms with van der Waals surface area (Å²) in [6, 6.07) is 6.59. The van der Waals surface area contributed by atoms with Crippen LogP contribution >= 0.6 is 0 Å². The number of aryl methyl sites for hydroxylation is 1. The quantitative estimate of drug-likeness (QED) is 0.407. The molecule has 1 aromatic heterocycles. The van der Waals surface area contributed by atoms with Gasteiger partial charge < -0.3 is 16.5 Å². The maximum atomic E-state index is 11.4. The average Bonchev–Trinajstić information content (AvgIpc) is 2.97. The molecule has 7 heteroatoms. The minimum Gasteiger partial charge on any atom is -0.399 e. The van der Waals surface area contributed by atoms with E-state index < -0.39 is 6.03 Å². The van der Waals surface area contributed by atoms with Crippen molar-refractivity contribution in [3.63, 3.8) is 0 Å². The predicted octanol–water partition coefficient (Wildman–Crippen LogP) is 1.44. The summed E-state index contributed by atoms with van der Waals surface area (Å²) >= 11 is 0. The van der Waals surface area contributed by atoms with Crippen molar-refractivity contribution in [3.05, 3.63) is 48.0 Å². The summed E-state index contributed by atoms with van der Waals surface area (Å²) in [5.74, 6) is 0. The highest BCUT2D eigenvalue weighted by molar-refractivity contribution is 5.70. The molecule has 2 amide bonds. The van der Waals surface area contributed by atoms with E-state index in [1.54, 1.807) is 24.7 Å². The third kappa shape index (κ3) is 4.81. The number of urea groups is 1. The Bertz CT molecular complexity index is 553. The SMILES string of the molecule is NC(=O)N(Cc1ccc(N)cc1)OCCCc1cnc[nH]1. The Morgan fingerprint density at radius 3 is 2.71 bits per heavy atom. The molecule has 21 heavy (non-hydrogen) atoms. The molecule has 0 aliphatic rings. The van der Waals surface area contributed by atoms with Crippen molar-refractivity contribution in [1.82, 2.24) is 15.0 Å². The number of anilines is 1. The first-order chi connectivity index (χ1) is 10.1. The van der Waals surface area contributed by atoms with Gasteiger partial charge in [-0.15, -0.1) is 0 Å². The number of benzene rings is 1. The average molecular weight is 289 g/mol. The number of aromatic nitrogens is 2. The van der Waals surface area contributed by atoms with Gasteiger partial charge in [-0.2, -0.15) is 5.06 Å². The molecule has 2 rings (SSSR count). The van der Waals surface area contributed by atoms with Crippen LogP contribution in [0.2, 0.25) is 0 Å². The molecular formula is C14H19N5O2. The number of hydroxylamine groups is 2. The fourth-order valence-electron chi connectivity index (χ4n) is 1.83. The summed E-state index contributed by atoms with van der Waals surface area (Å²) in [5, 5.41) is 1.15. The summed E-state index contributed by atoms with van der Waals surface area (Å²) in [4.78, 5) is 23.8. The van der Waals surface area contributed by atoms with Crippen molar-refractivity contribution < 1.29 is 9.63 Å². The van der Waals surface area contributed by atoms with Crippen LogP contribution < -0.4 is 11.5 Å². The fraction of sp³-hybridized carbons (Fsp3) is 0.286. The van der Waals surface area contributed by atoms with Crippen LogP contribution in [0.1, 0.15) is 17.7 Å². The Kier molecular flexibility index (Phi) is 5.16. The molecule has 0 bridgehead atoms. The van der Waals surface area contributed by atoms with E-state index in [4.69, 9.17) is 16.3 Å². The van der Waals surface area contributed by atoms with E-state index in [0.29, 0.717) is 18.8 Å². The van der Waals surface area contributed by atoms with E-state index in [2.05, 4.69) is 9.97 Å². The smallest absolute Gasteiger partial charge is 0.339 e. The number of imidazole rings is 1. The van der Waals surface area contributed by atoms with Gasteiger partial charge in [0.25, 0.3) is 0 Å². The molecule has 0 atom stereocenters. The second-order valence-corrected chi connectivity index (χ2v) is 4.63. The van der Waals surface area contributed by atoms with Crippen LogP contribution in [0.3, 0.4) is 0 Å². The highest BCUT2D eigenvalue weighted by Gasteiger charge is 2.11. The molecular weight excluding hydrogens is 270 g/mol. The van der Waals surface area contributed by atoms with Crippen LogP contribution in [0.25, 0.3) is 0 Å². The lowest BCUT2D eigenvalue weighted by Crippen LogP contribution is -2.35. The largest absolute Gasteiger partial charge is 0.399 e. The number of rotatable bonds is 7. The number of carbonyl (C=O) groups excluding carboxylic acids is 1. The molecule has 0 unspecified atom stereocenters. The van der Waals surface area contributed by atoms with Gasteiger partial charge in [-0.05, 0) is 30.5 Å². The molecule has 0 saturated heterocycles. The zero-order valence-corrected chi connectivity index (χ0v) is 11.7. The van der Waals surface area contributed by atoms with Crippen molar-refractivity contribution in [2.45, 2.75) is 19.4 Å². The van der Waals surface area contributed by atoms with Crippen LogP contribution in [-0.2, 0) is 17.8 Å². The molecule has 5 N–H and O–H groups in total. The van der Waals surface area contributed by atoms with E-state index in [1.807, 2.05) is 12.1 Å². The number of hydrogen-bond acceptors (Lipinski definition) is 4. The summed E-state index contributed by atoms with van der Waals surface area (Å²) in [7, 11) is 0. The summed E-state index contributed by atoms with van der Waals surface area (Å²) in [5.41, 5.74) is 13.5. The first kappa shape index (κ1) is 14.9. The molecule has 7 nitrogen and oxygen atoms in total. The van der Waals surface area contributed by atoms with E-state index >= 15 is 0 Å². The van der Waals surface area contributed by atoms with Gasteiger partial charge in [0.15, 0.2) is 0 Å². The van der Waals surface area contributed by atoms with Gasteiger partial charge >= 0.3 is 6.03 Å². The molecule has 0 aliphatic carbocycles. The Balaban J connectivity index is 1.79. The zero-order chi connectivity index (χ0) is 15.1. The molecule has 0 fully saturated rings. The van der Waals surface area contributed by atoms with Crippen molar-refractivity contribution in [2.75, 3.05) is 12.3 Å². The van der Waals surface area contributed by atoms with E-state index in [0.717, 1.165) is 29.2 Å². The molecule has 0 saturated carbocycles. The van der Waals surface area contributed by atoms with Crippen molar-refractivity contribution in [1.29, 1.82) is 0 Å². The number of primary amides is 1. The zero-order valence-electron chi connectivity index (χ0n) is 11.7. The molecule has 1 heterocycles. The molecule has 0 spiro atoms. The third-order valence-electron chi connectivity index (χ3n) is 2.94. The second-order valence-electron chi connectivity index (χ2n) is 4.63. The minimum absolute atomic E-state index is 0.291. The van der Waals surface area contributed by atoms with E-state index in [-0.39, 0.29) is 0 Å². The normalized spacial score (nSPS) is 10.5. The van der Waals surface area contributed by atoms with Crippen LogP contribution in [0.4, 0.5) is 10.5 Å². The number of aromatic amines is 1. The molecule has 0 radical (unpaired) electrons. The molecule has 0 aliphatic heterocycles. The second kappa shape index (κ2) is 7.30. The standard InChI is InChI=1S/C14H19N5O2/c15-12-5-3-11(4-6-12)9-19(14(16)20)21-7-1-2-13-8-17-10-18-13/h3-6,8,10H,1-2,7,9,15H2,(H2,16,20)(H,17,18). The van der Waals surface area contributed by atoms with Crippen LogP contribution in [0.15, 0.2) is 36.8 Å². The number of nitrogens with one attached hydrogen (secondary N) is 1. The Labute approximate surface area is 122 Å². The van der Waals surface area contributed by atoms with Gasteiger partial charge in [0.2, 0.25) is 0 Å². The van der Waals surface area contributed by atoms with Crippen molar-refractivity contribution >= 4 is 11.7 Å². The fourth-order valence-corrected chi connectivity index (χ4v) is 1.83.